The van der Waals surface area contributed by atoms with Crippen LogP contribution in [-0.2, 0) is 16.8 Å². The first kappa shape index (κ1) is 15.2. The van der Waals surface area contributed by atoms with Crippen molar-refractivity contribution in [2.75, 3.05) is 19.0 Å². The second-order valence-electron chi connectivity index (χ2n) is 5.65. The van der Waals surface area contributed by atoms with Crippen molar-refractivity contribution in [3.05, 3.63) is 17.6 Å². The lowest BCUT2D eigenvalue weighted by molar-refractivity contribution is -0.0163. The van der Waals surface area contributed by atoms with Crippen LogP contribution in [0.3, 0.4) is 0 Å². The first-order valence-electron chi connectivity index (χ1n) is 7.91. The van der Waals surface area contributed by atoms with Crippen molar-refractivity contribution in [3.8, 4) is 0 Å². The molecule has 0 aromatic carbocycles. The predicted molar refractivity (Wildman–Crippen MR) is 82.0 cm³/mol. The molecule has 2 rings (SSSR count). The van der Waals surface area contributed by atoms with E-state index in [0.29, 0.717) is 0 Å². The van der Waals surface area contributed by atoms with Crippen LogP contribution in [0.2, 0.25) is 0 Å². The number of nitrogens with one attached hydrogen (secondary N) is 1. The third kappa shape index (κ3) is 3.29. The molecule has 0 amide bonds. The van der Waals surface area contributed by atoms with Gasteiger partial charge in [0.2, 0.25) is 0 Å². The van der Waals surface area contributed by atoms with E-state index in [9.17, 15) is 0 Å². The second kappa shape index (κ2) is 7.02. The van der Waals surface area contributed by atoms with E-state index in [2.05, 4.69) is 25.2 Å². The highest BCUT2D eigenvalue weighted by Crippen LogP contribution is 2.40. The summed E-state index contributed by atoms with van der Waals surface area (Å²) in [6.45, 7) is 5.29. The average Bonchev–Trinajstić information content (AvgIpc) is 2.95. The van der Waals surface area contributed by atoms with E-state index in [1.165, 1.54) is 12.8 Å². The summed E-state index contributed by atoms with van der Waals surface area (Å²) in [4.78, 5) is 9.51. The minimum absolute atomic E-state index is 0.258. The zero-order valence-electron chi connectivity index (χ0n) is 13.0. The van der Waals surface area contributed by atoms with E-state index in [0.717, 1.165) is 56.0 Å². The molecule has 0 unspecified atom stereocenters. The average molecular weight is 277 g/mol. The Morgan fingerprint density at radius 3 is 2.55 bits per heavy atom. The molecule has 1 aromatic heterocycles. The molecule has 0 radical (unpaired) electrons. The summed E-state index contributed by atoms with van der Waals surface area (Å²) in [7, 11) is 1.79. The van der Waals surface area contributed by atoms with Gasteiger partial charge in [-0.25, -0.2) is 9.97 Å². The molecule has 0 spiro atoms. The van der Waals surface area contributed by atoms with Crippen LogP contribution < -0.4 is 5.32 Å². The van der Waals surface area contributed by atoms with Gasteiger partial charge in [-0.15, -0.1) is 0 Å². The van der Waals surface area contributed by atoms with Crippen LogP contribution in [0.25, 0.3) is 0 Å². The molecule has 1 fully saturated rings. The van der Waals surface area contributed by atoms with Gasteiger partial charge in [-0.05, 0) is 38.5 Å². The zero-order chi connectivity index (χ0) is 14.4. The van der Waals surface area contributed by atoms with Gasteiger partial charge >= 0.3 is 0 Å². The Morgan fingerprint density at radius 1 is 1.20 bits per heavy atom. The highest BCUT2D eigenvalue weighted by Gasteiger charge is 2.38. The summed E-state index contributed by atoms with van der Waals surface area (Å²) in [5.41, 5.74) is 0.867. The van der Waals surface area contributed by atoms with Gasteiger partial charge in [0.25, 0.3) is 0 Å². The molecule has 0 aliphatic heterocycles. The molecule has 1 N–H and O–H groups in total. The molecule has 0 atom stereocenters. The fourth-order valence-corrected chi connectivity index (χ4v) is 2.89. The minimum Gasteiger partial charge on any atom is -0.370 e. The summed E-state index contributed by atoms with van der Waals surface area (Å²) < 4.78 is 5.82. The largest absolute Gasteiger partial charge is 0.370 e. The van der Waals surface area contributed by atoms with Gasteiger partial charge in [-0.2, -0.15) is 0 Å². The number of hydrogen-bond donors (Lipinski definition) is 1. The van der Waals surface area contributed by atoms with E-state index >= 15 is 0 Å². The number of nitrogens with zero attached hydrogens (tertiary/aromatic N) is 2. The van der Waals surface area contributed by atoms with Crippen LogP contribution in [-0.4, -0.2) is 23.6 Å². The molecule has 1 aliphatic rings. The van der Waals surface area contributed by atoms with Crippen LogP contribution >= 0.6 is 0 Å². The van der Waals surface area contributed by atoms with E-state index < -0.39 is 0 Å². The first-order valence-corrected chi connectivity index (χ1v) is 7.91. The Hall–Kier alpha value is -1.16. The molecule has 1 saturated carbocycles. The Bertz CT molecular complexity index is 428. The Morgan fingerprint density at radius 2 is 1.95 bits per heavy atom. The number of anilines is 1. The maximum Gasteiger partial charge on any atom is 0.162 e. The Balaban J connectivity index is 2.32. The number of methoxy groups -OCH3 is 1. The topological polar surface area (TPSA) is 47.0 Å². The molecular weight excluding hydrogens is 250 g/mol. The van der Waals surface area contributed by atoms with Gasteiger partial charge in [0.1, 0.15) is 11.4 Å². The molecule has 0 saturated heterocycles. The standard InChI is InChI=1S/C16H27N3O/c1-4-8-13-12-14(17-11-5-2)19-15(18-13)16(20-3)9-6-7-10-16/h12H,4-11H2,1-3H3,(H,17,18,19). The third-order valence-corrected chi connectivity index (χ3v) is 4.05. The normalized spacial score (nSPS) is 17.4. The summed E-state index contributed by atoms with van der Waals surface area (Å²) >= 11 is 0. The van der Waals surface area contributed by atoms with Gasteiger partial charge in [-0.3, -0.25) is 0 Å². The van der Waals surface area contributed by atoms with Gasteiger partial charge in [0.15, 0.2) is 5.82 Å². The number of aromatic nitrogens is 2. The first-order chi connectivity index (χ1) is 9.74. The molecule has 4 nitrogen and oxygen atoms in total. The number of hydrogen-bond acceptors (Lipinski definition) is 4. The monoisotopic (exact) mass is 277 g/mol. The third-order valence-electron chi connectivity index (χ3n) is 4.05. The van der Waals surface area contributed by atoms with E-state index in [-0.39, 0.29) is 5.60 Å². The Labute approximate surface area is 122 Å². The van der Waals surface area contributed by atoms with Gasteiger partial charge < -0.3 is 10.1 Å². The SMILES string of the molecule is CCCNc1cc(CCC)nc(C2(OC)CCCC2)n1. The molecule has 1 heterocycles. The van der Waals surface area contributed by atoms with E-state index in [1.54, 1.807) is 7.11 Å². The summed E-state index contributed by atoms with van der Waals surface area (Å²) in [5, 5.41) is 3.39. The van der Waals surface area contributed by atoms with Crippen LogP contribution in [0.1, 0.15) is 63.9 Å². The number of aryl methyl sites for hydroxylation is 1. The van der Waals surface area contributed by atoms with Crippen LogP contribution in [0, 0.1) is 0 Å². The van der Waals surface area contributed by atoms with E-state index in [4.69, 9.17) is 14.7 Å². The van der Waals surface area contributed by atoms with Crippen molar-refractivity contribution >= 4 is 5.82 Å². The molecule has 4 heteroatoms. The molecule has 1 aliphatic carbocycles. The fraction of sp³-hybridized carbons (Fsp3) is 0.750. The summed E-state index contributed by atoms with van der Waals surface area (Å²) in [5.74, 6) is 1.82. The lowest BCUT2D eigenvalue weighted by atomic mass is 10.0. The van der Waals surface area contributed by atoms with Crippen molar-refractivity contribution in [1.82, 2.24) is 9.97 Å². The van der Waals surface area contributed by atoms with Crippen LogP contribution in [0.5, 0.6) is 0 Å². The highest BCUT2D eigenvalue weighted by atomic mass is 16.5. The smallest absolute Gasteiger partial charge is 0.162 e. The summed E-state index contributed by atoms with van der Waals surface area (Å²) in [6, 6.07) is 2.08. The van der Waals surface area contributed by atoms with Crippen molar-refractivity contribution in [1.29, 1.82) is 0 Å². The number of rotatable bonds is 7. The lowest BCUT2D eigenvalue weighted by Crippen LogP contribution is -2.28. The van der Waals surface area contributed by atoms with Crippen molar-refractivity contribution in [3.63, 3.8) is 0 Å². The van der Waals surface area contributed by atoms with Gasteiger partial charge in [0, 0.05) is 25.4 Å². The highest BCUT2D eigenvalue weighted by molar-refractivity contribution is 5.37. The zero-order valence-corrected chi connectivity index (χ0v) is 13.0. The fourth-order valence-electron chi connectivity index (χ4n) is 2.89. The predicted octanol–water partition coefficient (Wildman–Crippen LogP) is 3.67. The molecular formula is C16H27N3O. The van der Waals surface area contributed by atoms with Crippen molar-refractivity contribution < 1.29 is 4.74 Å². The molecule has 0 bridgehead atoms. The van der Waals surface area contributed by atoms with Gasteiger partial charge in [-0.1, -0.05) is 20.3 Å². The van der Waals surface area contributed by atoms with Crippen LogP contribution in [0.4, 0.5) is 5.82 Å². The van der Waals surface area contributed by atoms with Crippen molar-refractivity contribution in [2.24, 2.45) is 0 Å². The van der Waals surface area contributed by atoms with Gasteiger partial charge in [0.05, 0.1) is 0 Å². The summed E-state index contributed by atoms with van der Waals surface area (Å²) in [6.07, 6.45) is 7.66. The Kier molecular flexibility index (Phi) is 5.35. The molecule has 112 valence electrons. The second-order valence-corrected chi connectivity index (χ2v) is 5.65. The quantitative estimate of drug-likeness (QED) is 0.826. The maximum atomic E-state index is 5.82. The maximum absolute atomic E-state index is 5.82. The number of ether oxygens (including phenoxy) is 1. The lowest BCUT2D eigenvalue weighted by Gasteiger charge is -2.26. The minimum atomic E-state index is -0.258. The van der Waals surface area contributed by atoms with Crippen LogP contribution in [0.15, 0.2) is 6.07 Å². The van der Waals surface area contributed by atoms with E-state index in [1.807, 2.05) is 0 Å². The molecule has 20 heavy (non-hydrogen) atoms. The molecule has 1 aromatic rings. The van der Waals surface area contributed by atoms with Crippen molar-refractivity contribution in [2.45, 2.75) is 64.4 Å².